The highest BCUT2D eigenvalue weighted by atomic mass is 35.5. The molecule has 2 aromatic carbocycles. The zero-order valence-corrected chi connectivity index (χ0v) is 21.1. The van der Waals surface area contributed by atoms with Crippen LogP contribution in [-0.2, 0) is 11.2 Å². The smallest absolute Gasteiger partial charge is 0.231 e. The first-order valence-electron chi connectivity index (χ1n) is 9.64. The Kier molecular flexibility index (Phi) is 7.16. The molecular weight excluding hydrogens is 549 g/mol. The number of rotatable bonds is 6. The van der Waals surface area contributed by atoms with Crippen molar-refractivity contribution in [2.24, 2.45) is 5.92 Å². The Morgan fingerprint density at radius 1 is 0.909 bits per heavy atom. The highest BCUT2D eigenvalue weighted by Gasteiger charge is 2.67. The minimum atomic E-state index is -1.32. The Balaban J connectivity index is 1.50. The first kappa shape index (κ1) is 24.6. The zero-order valence-electron chi connectivity index (χ0n) is 16.6. The minimum Gasteiger partial charge on any atom is -0.326 e. The third-order valence-corrected chi connectivity index (χ3v) is 7.17. The summed E-state index contributed by atoms with van der Waals surface area (Å²) in [5, 5.41) is 4.34. The van der Waals surface area contributed by atoms with Gasteiger partial charge in [0.2, 0.25) is 5.91 Å². The SMILES string of the molecule is O=C(Cc1ccc(Cl)cn1)c1cc(NC(=O)C2C(c3cc(Cl)cc(Cl)c3)C2(Cl)Cl)ccc1Cl. The van der Waals surface area contributed by atoms with Crippen molar-refractivity contribution in [2.45, 2.75) is 16.7 Å². The zero-order chi connectivity index (χ0) is 23.9. The Bertz CT molecular complexity index is 1230. The van der Waals surface area contributed by atoms with E-state index in [1.807, 2.05) is 0 Å². The predicted octanol–water partition coefficient (Wildman–Crippen LogP) is 7.65. The number of carbonyl (C=O) groups is 2. The number of ketones is 1. The van der Waals surface area contributed by atoms with Crippen LogP contribution < -0.4 is 5.32 Å². The lowest BCUT2D eigenvalue weighted by Gasteiger charge is -2.09. The van der Waals surface area contributed by atoms with Crippen LogP contribution in [0.4, 0.5) is 5.69 Å². The predicted molar refractivity (Wildman–Crippen MR) is 134 cm³/mol. The number of carbonyl (C=O) groups excluding carboxylic acids is 2. The van der Waals surface area contributed by atoms with Gasteiger partial charge in [0.15, 0.2) is 5.78 Å². The number of Topliss-reactive ketones (excluding diaryl/α,β-unsaturated/α-hetero) is 1. The molecule has 0 radical (unpaired) electrons. The van der Waals surface area contributed by atoms with Crippen molar-refractivity contribution >= 4 is 87.0 Å². The molecule has 4 rings (SSSR count). The van der Waals surface area contributed by atoms with E-state index in [1.54, 1.807) is 36.4 Å². The van der Waals surface area contributed by atoms with Crippen LogP contribution in [0.2, 0.25) is 20.1 Å². The van der Waals surface area contributed by atoms with Gasteiger partial charge in [-0.1, -0.05) is 46.4 Å². The van der Waals surface area contributed by atoms with Gasteiger partial charge in [-0.2, -0.15) is 0 Å². The Hall–Kier alpha value is -1.53. The first-order valence-corrected chi connectivity index (χ1v) is 11.9. The molecule has 1 aliphatic rings. The van der Waals surface area contributed by atoms with Gasteiger partial charge in [0.25, 0.3) is 0 Å². The maximum Gasteiger partial charge on any atom is 0.231 e. The van der Waals surface area contributed by atoms with E-state index in [9.17, 15) is 9.59 Å². The quantitative estimate of drug-likeness (QED) is 0.248. The van der Waals surface area contributed by atoms with Crippen molar-refractivity contribution in [3.63, 3.8) is 0 Å². The summed E-state index contributed by atoms with van der Waals surface area (Å²) < 4.78 is -1.32. The standard InChI is InChI=1S/C23H14Cl6N2O2/c24-12-1-2-15(30-10-12)9-19(32)17-8-16(3-4-18(17)27)31-22(33)21-20(23(21,28)29)11-5-13(25)7-14(26)6-11/h1-8,10,20-21H,9H2,(H,31,33). The maximum absolute atomic E-state index is 12.9. The molecule has 2 atom stereocenters. The number of amides is 1. The van der Waals surface area contributed by atoms with Crippen molar-refractivity contribution < 1.29 is 9.59 Å². The Morgan fingerprint density at radius 2 is 1.61 bits per heavy atom. The van der Waals surface area contributed by atoms with Gasteiger partial charge in [0.05, 0.1) is 22.4 Å². The van der Waals surface area contributed by atoms with Gasteiger partial charge in [-0.3, -0.25) is 14.6 Å². The largest absolute Gasteiger partial charge is 0.326 e. The Morgan fingerprint density at radius 3 is 2.24 bits per heavy atom. The van der Waals surface area contributed by atoms with Crippen LogP contribution in [0, 0.1) is 5.92 Å². The molecule has 33 heavy (non-hydrogen) atoms. The molecule has 1 saturated carbocycles. The summed E-state index contributed by atoms with van der Waals surface area (Å²) in [7, 11) is 0. The number of hydrogen-bond donors (Lipinski definition) is 1. The molecule has 0 aliphatic heterocycles. The third-order valence-electron chi connectivity index (χ3n) is 5.24. The van der Waals surface area contributed by atoms with Crippen LogP contribution in [0.3, 0.4) is 0 Å². The van der Waals surface area contributed by atoms with Crippen LogP contribution in [0.25, 0.3) is 0 Å². The Labute approximate surface area is 220 Å². The van der Waals surface area contributed by atoms with E-state index in [1.165, 1.54) is 18.3 Å². The molecule has 10 heteroatoms. The fourth-order valence-electron chi connectivity index (χ4n) is 3.63. The van der Waals surface area contributed by atoms with Gasteiger partial charge in [0, 0.05) is 39.1 Å². The summed E-state index contributed by atoms with van der Waals surface area (Å²) >= 11 is 37.0. The van der Waals surface area contributed by atoms with Gasteiger partial charge >= 0.3 is 0 Å². The van der Waals surface area contributed by atoms with E-state index >= 15 is 0 Å². The van der Waals surface area contributed by atoms with Gasteiger partial charge in [-0.25, -0.2) is 0 Å². The van der Waals surface area contributed by atoms with E-state index in [0.717, 1.165) is 0 Å². The lowest BCUT2D eigenvalue weighted by atomic mass is 10.0. The third kappa shape index (κ3) is 5.43. The molecule has 1 fully saturated rings. The number of halogens is 6. The second kappa shape index (κ2) is 9.61. The number of anilines is 1. The molecule has 1 aromatic heterocycles. The molecular formula is C23H14Cl6N2O2. The van der Waals surface area contributed by atoms with E-state index in [0.29, 0.717) is 32.0 Å². The van der Waals surface area contributed by atoms with Crippen LogP contribution in [0.1, 0.15) is 27.5 Å². The second-order valence-corrected chi connectivity index (χ2v) is 10.7. The van der Waals surface area contributed by atoms with Crippen molar-refractivity contribution in [1.29, 1.82) is 0 Å². The molecule has 170 valence electrons. The summed E-state index contributed by atoms with van der Waals surface area (Å²) in [6.45, 7) is 0. The summed E-state index contributed by atoms with van der Waals surface area (Å²) in [6.07, 6.45) is 1.49. The van der Waals surface area contributed by atoms with Crippen molar-refractivity contribution in [2.75, 3.05) is 5.32 Å². The normalized spacial score (nSPS) is 18.6. The minimum absolute atomic E-state index is 0.0288. The van der Waals surface area contributed by atoms with Crippen LogP contribution in [-0.4, -0.2) is 21.0 Å². The molecule has 2 unspecified atom stereocenters. The van der Waals surface area contributed by atoms with Gasteiger partial charge < -0.3 is 5.32 Å². The highest BCUT2D eigenvalue weighted by Crippen LogP contribution is 2.65. The number of nitrogens with zero attached hydrogens (tertiary/aromatic N) is 1. The van der Waals surface area contributed by atoms with Crippen molar-refractivity contribution in [1.82, 2.24) is 4.98 Å². The van der Waals surface area contributed by atoms with E-state index in [4.69, 9.17) is 69.6 Å². The number of hydrogen-bond acceptors (Lipinski definition) is 3. The molecule has 3 aromatic rings. The summed E-state index contributed by atoms with van der Waals surface area (Å²) in [5.41, 5.74) is 1.85. The average Bonchev–Trinajstić information content (AvgIpc) is 3.32. The lowest BCUT2D eigenvalue weighted by Crippen LogP contribution is -2.17. The number of aromatic nitrogens is 1. The summed E-state index contributed by atoms with van der Waals surface area (Å²) in [6, 6.07) is 12.9. The lowest BCUT2D eigenvalue weighted by molar-refractivity contribution is -0.117. The number of benzene rings is 2. The van der Waals surface area contributed by atoms with Crippen LogP contribution in [0.5, 0.6) is 0 Å². The molecule has 1 amide bonds. The molecule has 1 N–H and O–H groups in total. The highest BCUT2D eigenvalue weighted by molar-refractivity contribution is 6.53. The fourth-order valence-corrected chi connectivity index (χ4v) is 5.34. The number of nitrogens with one attached hydrogen (secondary N) is 1. The van der Waals surface area contributed by atoms with Gasteiger partial charge in [-0.05, 0) is 54.1 Å². The first-order chi connectivity index (χ1) is 15.6. The molecule has 0 spiro atoms. The van der Waals surface area contributed by atoms with Crippen molar-refractivity contribution in [3.05, 3.63) is 91.6 Å². The van der Waals surface area contributed by atoms with E-state index in [2.05, 4.69) is 10.3 Å². The summed E-state index contributed by atoms with van der Waals surface area (Å²) in [4.78, 5) is 29.8. The van der Waals surface area contributed by atoms with Crippen LogP contribution >= 0.6 is 69.6 Å². The van der Waals surface area contributed by atoms with E-state index < -0.39 is 22.1 Å². The topological polar surface area (TPSA) is 59.1 Å². The van der Waals surface area contributed by atoms with E-state index in [-0.39, 0.29) is 22.8 Å². The number of pyridine rings is 1. The fraction of sp³-hybridized carbons (Fsp3) is 0.174. The molecule has 1 aliphatic carbocycles. The monoisotopic (exact) mass is 560 g/mol. The van der Waals surface area contributed by atoms with Gasteiger partial charge in [-0.15, -0.1) is 23.2 Å². The molecule has 0 saturated heterocycles. The molecule has 1 heterocycles. The number of alkyl halides is 2. The molecule has 4 nitrogen and oxygen atoms in total. The second-order valence-electron chi connectivity index (χ2n) is 7.58. The summed E-state index contributed by atoms with van der Waals surface area (Å²) in [5.74, 6) is -1.88. The van der Waals surface area contributed by atoms with Crippen molar-refractivity contribution in [3.8, 4) is 0 Å². The average molecular weight is 563 g/mol. The molecule has 0 bridgehead atoms. The van der Waals surface area contributed by atoms with Gasteiger partial charge in [0.1, 0.15) is 4.33 Å². The maximum atomic E-state index is 12.9. The van der Waals surface area contributed by atoms with Crippen LogP contribution in [0.15, 0.2) is 54.7 Å².